The molecular weight excluding hydrogens is 558 g/mol. The van der Waals surface area contributed by atoms with Crippen LogP contribution in [-0.4, -0.2) is 78.9 Å². The summed E-state index contributed by atoms with van der Waals surface area (Å²) in [7, 11) is -3.51. The van der Waals surface area contributed by atoms with E-state index in [0.717, 1.165) is 6.26 Å². The fraction of sp³-hybridized carbons (Fsp3) is 0.462. The van der Waals surface area contributed by atoms with E-state index in [0.29, 0.717) is 34.8 Å². The molecule has 40 heavy (non-hydrogen) atoms. The normalized spacial score (nSPS) is 15.5. The van der Waals surface area contributed by atoms with E-state index >= 15 is 0 Å². The molecule has 2 amide bonds. The Labute approximate surface area is 238 Å². The minimum atomic E-state index is -3.51. The maximum Gasteiger partial charge on any atom is 0.417 e. The SMILES string of the molecule is CC(C)(C)OC(=O)N(c1ncnc2[nH]ccc12)C1(C(=O)N(CCNS(C)(=O)=O)c2ccc(Cl)cc2)CCNCC1. The Morgan fingerprint density at radius 2 is 1.80 bits per heavy atom. The Bertz CT molecular complexity index is 1460. The molecule has 14 heteroatoms. The van der Waals surface area contributed by atoms with Crippen molar-refractivity contribution in [3.05, 3.63) is 47.9 Å². The molecule has 1 aromatic carbocycles. The predicted molar refractivity (Wildman–Crippen MR) is 154 cm³/mol. The van der Waals surface area contributed by atoms with E-state index in [9.17, 15) is 18.0 Å². The second-order valence-electron chi connectivity index (χ2n) is 10.6. The highest BCUT2D eigenvalue weighted by Crippen LogP contribution is 2.38. The number of hydrogen-bond donors (Lipinski definition) is 3. The van der Waals surface area contributed by atoms with Crippen molar-refractivity contribution in [1.29, 1.82) is 0 Å². The number of H-pyrrole nitrogens is 1. The summed E-state index contributed by atoms with van der Waals surface area (Å²) in [6.07, 6.45) is 3.85. The van der Waals surface area contributed by atoms with Crippen molar-refractivity contribution in [1.82, 2.24) is 25.0 Å². The number of sulfonamides is 1. The molecule has 1 fully saturated rings. The van der Waals surface area contributed by atoms with Crippen molar-refractivity contribution in [2.75, 3.05) is 42.2 Å². The molecule has 4 rings (SSSR count). The highest BCUT2D eigenvalue weighted by Gasteiger charge is 2.52. The molecule has 0 saturated carbocycles. The third-order valence-electron chi connectivity index (χ3n) is 6.46. The van der Waals surface area contributed by atoms with Crippen LogP contribution in [0.3, 0.4) is 0 Å². The van der Waals surface area contributed by atoms with Gasteiger partial charge in [-0.1, -0.05) is 11.6 Å². The van der Waals surface area contributed by atoms with E-state index < -0.39 is 33.2 Å². The molecule has 0 bridgehead atoms. The van der Waals surface area contributed by atoms with Gasteiger partial charge < -0.3 is 19.9 Å². The van der Waals surface area contributed by atoms with E-state index in [2.05, 4.69) is 25.0 Å². The van der Waals surface area contributed by atoms with Crippen molar-refractivity contribution in [3.63, 3.8) is 0 Å². The number of nitrogens with zero attached hydrogens (tertiary/aromatic N) is 4. The fourth-order valence-corrected chi connectivity index (χ4v) is 5.33. The van der Waals surface area contributed by atoms with E-state index in [1.165, 1.54) is 16.1 Å². The molecule has 3 N–H and O–H groups in total. The van der Waals surface area contributed by atoms with Gasteiger partial charge in [0.05, 0.1) is 11.6 Å². The molecule has 0 aliphatic carbocycles. The average Bonchev–Trinajstić information content (AvgIpc) is 3.36. The largest absolute Gasteiger partial charge is 0.443 e. The van der Waals surface area contributed by atoms with Crippen LogP contribution >= 0.6 is 11.6 Å². The van der Waals surface area contributed by atoms with Crippen LogP contribution in [0.5, 0.6) is 0 Å². The van der Waals surface area contributed by atoms with Gasteiger partial charge in [-0.2, -0.15) is 0 Å². The Morgan fingerprint density at radius 3 is 2.42 bits per heavy atom. The fourth-order valence-electron chi connectivity index (χ4n) is 4.74. The van der Waals surface area contributed by atoms with Crippen molar-refractivity contribution in [3.8, 4) is 0 Å². The Kier molecular flexibility index (Phi) is 8.69. The number of amides is 2. The zero-order chi connectivity index (χ0) is 29.1. The first kappa shape index (κ1) is 29.7. The highest BCUT2D eigenvalue weighted by atomic mass is 35.5. The molecule has 0 unspecified atom stereocenters. The molecule has 1 aliphatic rings. The minimum Gasteiger partial charge on any atom is -0.443 e. The smallest absolute Gasteiger partial charge is 0.417 e. The van der Waals surface area contributed by atoms with E-state index in [1.807, 2.05) is 0 Å². The monoisotopic (exact) mass is 591 g/mol. The number of rotatable bonds is 8. The van der Waals surface area contributed by atoms with E-state index in [1.54, 1.807) is 57.3 Å². The Hall–Kier alpha value is -3.26. The van der Waals surface area contributed by atoms with Gasteiger partial charge >= 0.3 is 6.09 Å². The summed E-state index contributed by atoms with van der Waals surface area (Å²) in [6, 6.07) is 8.41. The van der Waals surface area contributed by atoms with Crippen LogP contribution in [0, 0.1) is 0 Å². The lowest BCUT2D eigenvalue weighted by Crippen LogP contribution is -2.66. The number of halogens is 1. The summed E-state index contributed by atoms with van der Waals surface area (Å²) >= 11 is 6.12. The summed E-state index contributed by atoms with van der Waals surface area (Å²) < 4.78 is 31.9. The van der Waals surface area contributed by atoms with Gasteiger partial charge in [0.25, 0.3) is 5.91 Å². The van der Waals surface area contributed by atoms with Gasteiger partial charge in [0.1, 0.15) is 23.1 Å². The Balaban J connectivity index is 1.88. The summed E-state index contributed by atoms with van der Waals surface area (Å²) in [5.41, 5.74) is -1.27. The van der Waals surface area contributed by atoms with Crippen LogP contribution in [0.2, 0.25) is 5.02 Å². The van der Waals surface area contributed by atoms with Crippen LogP contribution < -0.4 is 19.8 Å². The maximum atomic E-state index is 14.8. The van der Waals surface area contributed by atoms with Crippen LogP contribution in [0.1, 0.15) is 33.6 Å². The summed E-state index contributed by atoms with van der Waals surface area (Å²) in [5, 5.41) is 4.30. The van der Waals surface area contributed by atoms with Gasteiger partial charge in [0.15, 0.2) is 5.82 Å². The van der Waals surface area contributed by atoms with Crippen molar-refractivity contribution in [2.24, 2.45) is 0 Å². The first-order valence-electron chi connectivity index (χ1n) is 12.8. The number of fused-ring (bicyclic) bond motifs is 1. The minimum absolute atomic E-state index is 0.00815. The van der Waals surface area contributed by atoms with Crippen molar-refractivity contribution < 1.29 is 22.7 Å². The van der Waals surface area contributed by atoms with Crippen LogP contribution in [0.4, 0.5) is 16.3 Å². The third-order valence-corrected chi connectivity index (χ3v) is 7.44. The number of piperidine rings is 1. The number of carbonyl (C=O) groups is 2. The van der Waals surface area contributed by atoms with Gasteiger partial charge in [-0.05, 0) is 77.0 Å². The first-order valence-corrected chi connectivity index (χ1v) is 15.1. The number of aromatic amines is 1. The van der Waals surface area contributed by atoms with Gasteiger partial charge in [-0.15, -0.1) is 0 Å². The van der Waals surface area contributed by atoms with E-state index in [4.69, 9.17) is 16.3 Å². The summed E-state index contributed by atoms with van der Waals surface area (Å²) in [5.74, 6) is -0.166. The van der Waals surface area contributed by atoms with Gasteiger partial charge in [0, 0.05) is 30.0 Å². The molecule has 0 atom stereocenters. The molecule has 0 spiro atoms. The van der Waals surface area contributed by atoms with E-state index in [-0.39, 0.29) is 31.7 Å². The topological polar surface area (TPSA) is 150 Å². The van der Waals surface area contributed by atoms with Crippen molar-refractivity contribution in [2.45, 2.75) is 44.8 Å². The molecule has 1 aliphatic heterocycles. The lowest BCUT2D eigenvalue weighted by atomic mass is 9.84. The zero-order valence-corrected chi connectivity index (χ0v) is 24.5. The number of carbonyl (C=O) groups excluding carboxylic acids is 2. The van der Waals surface area contributed by atoms with Gasteiger partial charge in [0.2, 0.25) is 10.0 Å². The van der Waals surface area contributed by atoms with Gasteiger partial charge in [-0.3, -0.25) is 4.79 Å². The predicted octanol–water partition coefficient (Wildman–Crippen LogP) is 3.06. The third kappa shape index (κ3) is 6.72. The number of hydrogen-bond acceptors (Lipinski definition) is 8. The highest BCUT2D eigenvalue weighted by molar-refractivity contribution is 7.88. The van der Waals surface area contributed by atoms with Crippen molar-refractivity contribution >= 4 is 56.2 Å². The average molecular weight is 592 g/mol. The number of ether oxygens (including phenoxy) is 1. The maximum absolute atomic E-state index is 14.8. The second-order valence-corrected chi connectivity index (χ2v) is 12.9. The lowest BCUT2D eigenvalue weighted by molar-refractivity contribution is -0.124. The second kappa shape index (κ2) is 11.7. The molecule has 2 aromatic heterocycles. The molecule has 1 saturated heterocycles. The van der Waals surface area contributed by atoms with Gasteiger partial charge in [-0.25, -0.2) is 32.8 Å². The Morgan fingerprint density at radius 1 is 1.12 bits per heavy atom. The number of anilines is 2. The standard InChI is InChI=1S/C26H34ClN7O5S/c1-25(2,3)39-24(36)34(22-20-9-12-29-21(20)30-17-31-22)26(10-13-28-14-11-26)23(35)33(16-15-32-40(4,37)38)19-7-5-18(27)6-8-19/h5-9,12,17,28,32H,10-11,13-16H2,1-4H3,(H,29,30,31). The molecule has 12 nitrogen and oxygen atoms in total. The zero-order valence-electron chi connectivity index (χ0n) is 22.9. The molecule has 3 aromatic rings. The molecule has 3 heterocycles. The van der Waals surface area contributed by atoms with Crippen LogP contribution in [-0.2, 0) is 19.6 Å². The lowest BCUT2D eigenvalue weighted by Gasteiger charge is -2.46. The number of nitrogens with one attached hydrogen (secondary N) is 3. The van der Waals surface area contributed by atoms with Crippen LogP contribution in [0.15, 0.2) is 42.9 Å². The molecule has 216 valence electrons. The quantitative estimate of drug-likeness (QED) is 0.362. The number of benzene rings is 1. The summed E-state index contributed by atoms with van der Waals surface area (Å²) in [4.78, 5) is 43.4. The molecular formula is C26H34ClN7O5S. The van der Waals surface area contributed by atoms with Crippen LogP contribution in [0.25, 0.3) is 11.0 Å². The number of aromatic nitrogens is 3. The molecule has 0 radical (unpaired) electrons. The first-order chi connectivity index (χ1) is 18.8. The summed E-state index contributed by atoms with van der Waals surface area (Å²) in [6.45, 7) is 6.12.